The van der Waals surface area contributed by atoms with Crippen LogP contribution in [0.4, 0.5) is 10.5 Å². The summed E-state index contributed by atoms with van der Waals surface area (Å²) in [5.74, 6) is 0.978. The van der Waals surface area contributed by atoms with Crippen molar-refractivity contribution in [2.45, 2.75) is 6.54 Å². The van der Waals surface area contributed by atoms with Crippen molar-refractivity contribution in [3.05, 3.63) is 52.4 Å². The van der Waals surface area contributed by atoms with Crippen LogP contribution in [0.3, 0.4) is 0 Å². The molecule has 0 saturated carbocycles. The van der Waals surface area contributed by atoms with Crippen LogP contribution in [0, 0.1) is 0 Å². The van der Waals surface area contributed by atoms with E-state index in [4.69, 9.17) is 27.6 Å². The minimum absolute atomic E-state index is 0.125. The molecule has 0 spiro atoms. The van der Waals surface area contributed by atoms with Crippen LogP contribution in [0.25, 0.3) is 0 Å². The summed E-state index contributed by atoms with van der Waals surface area (Å²) in [4.78, 5) is 15.5. The molecular formula is C16H18Cl2N3O2+. The van der Waals surface area contributed by atoms with Crippen LogP contribution in [-0.2, 0) is 6.54 Å². The molecule has 2 N–H and O–H groups in total. The fraction of sp³-hybridized carbons (Fsp3) is 0.312. The molecule has 2 amide bonds. The molecule has 2 heterocycles. The molecule has 23 heavy (non-hydrogen) atoms. The van der Waals surface area contributed by atoms with Gasteiger partial charge in [0.25, 0.3) is 0 Å². The number of quaternary nitrogens is 1. The average molecular weight is 355 g/mol. The number of amides is 2. The molecule has 0 unspecified atom stereocenters. The lowest BCUT2D eigenvalue weighted by Crippen LogP contribution is -3.13. The SMILES string of the molecule is O=C(Nc1cc(Cl)cc(Cl)c1)N1CC[NH+](Cc2ccco2)CC1. The summed E-state index contributed by atoms with van der Waals surface area (Å²) in [6, 6.07) is 8.76. The van der Waals surface area contributed by atoms with E-state index in [1.807, 2.05) is 12.1 Å². The van der Waals surface area contributed by atoms with E-state index in [1.54, 1.807) is 29.4 Å². The maximum Gasteiger partial charge on any atom is 0.322 e. The number of anilines is 1. The molecule has 3 rings (SSSR count). The zero-order valence-corrected chi connectivity index (χ0v) is 14.0. The topological polar surface area (TPSA) is 49.9 Å². The average Bonchev–Trinajstić information content (AvgIpc) is 3.00. The minimum atomic E-state index is -0.125. The molecule has 1 aliphatic rings. The van der Waals surface area contributed by atoms with Gasteiger partial charge in [0.2, 0.25) is 0 Å². The van der Waals surface area contributed by atoms with Gasteiger partial charge in [0.1, 0.15) is 6.54 Å². The summed E-state index contributed by atoms with van der Waals surface area (Å²) in [6.45, 7) is 4.05. The number of hydrogen-bond acceptors (Lipinski definition) is 2. The summed E-state index contributed by atoms with van der Waals surface area (Å²) in [6.07, 6.45) is 1.69. The molecule has 1 aliphatic heterocycles. The highest BCUT2D eigenvalue weighted by molar-refractivity contribution is 6.35. The number of rotatable bonds is 3. The van der Waals surface area contributed by atoms with E-state index < -0.39 is 0 Å². The molecule has 0 atom stereocenters. The van der Waals surface area contributed by atoms with Crippen molar-refractivity contribution in [3.63, 3.8) is 0 Å². The third-order valence-corrected chi connectivity index (χ3v) is 4.31. The lowest BCUT2D eigenvalue weighted by Gasteiger charge is -2.31. The van der Waals surface area contributed by atoms with Gasteiger partial charge in [-0.2, -0.15) is 0 Å². The first-order valence-electron chi connectivity index (χ1n) is 7.48. The first-order chi connectivity index (χ1) is 11.1. The van der Waals surface area contributed by atoms with E-state index >= 15 is 0 Å². The summed E-state index contributed by atoms with van der Waals surface area (Å²) < 4.78 is 5.37. The van der Waals surface area contributed by atoms with Gasteiger partial charge in [-0.3, -0.25) is 0 Å². The highest BCUT2D eigenvalue weighted by atomic mass is 35.5. The highest BCUT2D eigenvalue weighted by Gasteiger charge is 2.24. The standard InChI is InChI=1S/C16H17Cl2N3O2/c17-12-8-13(18)10-14(9-12)19-16(22)21-5-3-20(4-6-21)11-15-2-1-7-23-15/h1-2,7-10H,3-6,11H2,(H,19,22)/p+1. The van der Waals surface area contributed by atoms with E-state index in [0.717, 1.165) is 25.4 Å². The molecule has 0 radical (unpaired) electrons. The second-order valence-corrected chi connectivity index (χ2v) is 6.45. The van der Waals surface area contributed by atoms with Gasteiger partial charge in [0.05, 0.1) is 32.4 Å². The van der Waals surface area contributed by atoms with E-state index in [2.05, 4.69) is 5.32 Å². The quantitative estimate of drug-likeness (QED) is 0.889. The number of carbonyl (C=O) groups excluding carboxylic acids is 1. The van der Waals surface area contributed by atoms with Gasteiger partial charge in [-0.1, -0.05) is 23.2 Å². The van der Waals surface area contributed by atoms with Crippen molar-refractivity contribution in [2.75, 3.05) is 31.5 Å². The first-order valence-corrected chi connectivity index (χ1v) is 8.24. The van der Waals surface area contributed by atoms with E-state index in [9.17, 15) is 4.79 Å². The van der Waals surface area contributed by atoms with Gasteiger partial charge >= 0.3 is 6.03 Å². The van der Waals surface area contributed by atoms with Gasteiger partial charge in [-0.25, -0.2) is 4.79 Å². The number of hydrogen-bond donors (Lipinski definition) is 2. The minimum Gasteiger partial charge on any atom is -0.463 e. The molecule has 5 nitrogen and oxygen atoms in total. The molecule has 122 valence electrons. The van der Waals surface area contributed by atoms with E-state index in [-0.39, 0.29) is 6.03 Å². The van der Waals surface area contributed by atoms with Crippen molar-refractivity contribution in [1.29, 1.82) is 0 Å². The predicted octanol–water partition coefficient (Wildman–Crippen LogP) is 2.52. The second kappa shape index (κ2) is 7.25. The van der Waals surface area contributed by atoms with Crippen LogP contribution >= 0.6 is 23.2 Å². The molecule has 0 bridgehead atoms. The Hall–Kier alpha value is -1.69. The number of nitrogens with one attached hydrogen (secondary N) is 2. The van der Waals surface area contributed by atoms with Gasteiger partial charge in [-0.15, -0.1) is 0 Å². The molecule has 0 aliphatic carbocycles. The van der Waals surface area contributed by atoms with Gasteiger partial charge in [0.15, 0.2) is 5.76 Å². The van der Waals surface area contributed by atoms with Crippen molar-refractivity contribution in [2.24, 2.45) is 0 Å². The lowest BCUT2D eigenvalue weighted by molar-refractivity contribution is -0.918. The zero-order valence-electron chi connectivity index (χ0n) is 12.5. The van der Waals surface area contributed by atoms with E-state index in [0.29, 0.717) is 28.8 Å². The Morgan fingerprint density at radius 2 is 1.91 bits per heavy atom. The molecular weight excluding hydrogens is 337 g/mol. The number of furan rings is 1. The first kappa shape index (κ1) is 16.2. The van der Waals surface area contributed by atoms with Crippen LogP contribution in [-0.4, -0.2) is 37.1 Å². The van der Waals surface area contributed by atoms with Crippen LogP contribution < -0.4 is 10.2 Å². The Kier molecular flexibility index (Phi) is 5.10. The third-order valence-electron chi connectivity index (χ3n) is 3.88. The van der Waals surface area contributed by atoms with Crippen LogP contribution in [0.5, 0.6) is 0 Å². The van der Waals surface area contributed by atoms with Gasteiger partial charge in [-0.05, 0) is 30.3 Å². The zero-order chi connectivity index (χ0) is 16.2. The number of halogens is 2. The maximum absolute atomic E-state index is 12.3. The van der Waals surface area contributed by atoms with Gasteiger partial charge < -0.3 is 19.5 Å². The predicted molar refractivity (Wildman–Crippen MR) is 90.2 cm³/mol. The fourth-order valence-electron chi connectivity index (χ4n) is 2.69. The van der Waals surface area contributed by atoms with E-state index in [1.165, 1.54) is 4.90 Å². The molecule has 1 saturated heterocycles. The van der Waals surface area contributed by atoms with Gasteiger partial charge in [0, 0.05) is 15.7 Å². The Morgan fingerprint density at radius 1 is 1.22 bits per heavy atom. The van der Waals surface area contributed by atoms with Crippen LogP contribution in [0.2, 0.25) is 10.0 Å². The van der Waals surface area contributed by atoms with Crippen molar-refractivity contribution >= 4 is 34.9 Å². The Bertz CT molecular complexity index is 648. The molecule has 1 fully saturated rings. The molecule has 7 heteroatoms. The molecule has 2 aromatic rings. The lowest BCUT2D eigenvalue weighted by atomic mass is 10.3. The molecule has 1 aromatic heterocycles. The number of benzene rings is 1. The Balaban J connectivity index is 1.51. The second-order valence-electron chi connectivity index (χ2n) is 5.58. The van der Waals surface area contributed by atoms with Crippen LogP contribution in [0.1, 0.15) is 5.76 Å². The Labute approximate surface area is 144 Å². The highest BCUT2D eigenvalue weighted by Crippen LogP contribution is 2.22. The van der Waals surface area contributed by atoms with Crippen molar-refractivity contribution < 1.29 is 14.1 Å². The fourth-order valence-corrected chi connectivity index (χ4v) is 3.22. The smallest absolute Gasteiger partial charge is 0.322 e. The summed E-state index contributed by atoms with van der Waals surface area (Å²) in [5, 5.41) is 3.84. The van der Waals surface area contributed by atoms with Crippen molar-refractivity contribution in [1.82, 2.24) is 4.90 Å². The number of nitrogens with zero attached hydrogens (tertiary/aromatic N) is 1. The summed E-state index contributed by atoms with van der Waals surface area (Å²) >= 11 is 11.9. The van der Waals surface area contributed by atoms with Crippen molar-refractivity contribution in [3.8, 4) is 0 Å². The summed E-state index contributed by atoms with van der Waals surface area (Å²) in [5.41, 5.74) is 0.609. The Morgan fingerprint density at radius 3 is 2.52 bits per heavy atom. The maximum atomic E-state index is 12.3. The normalized spacial score (nSPS) is 15.7. The molecule has 1 aromatic carbocycles. The third kappa shape index (κ3) is 4.41. The largest absolute Gasteiger partial charge is 0.463 e. The number of carbonyl (C=O) groups is 1. The number of urea groups is 1. The van der Waals surface area contributed by atoms with Crippen LogP contribution in [0.15, 0.2) is 41.0 Å². The summed E-state index contributed by atoms with van der Waals surface area (Å²) in [7, 11) is 0. The number of piperazine rings is 1. The monoisotopic (exact) mass is 354 g/mol.